The molecular weight excluding hydrogens is 575 g/mol. The van der Waals surface area contributed by atoms with Crippen molar-refractivity contribution in [2.45, 2.75) is 49.3 Å². The van der Waals surface area contributed by atoms with Gasteiger partial charge in [0.1, 0.15) is 24.1 Å². The molecule has 4 aromatic rings. The van der Waals surface area contributed by atoms with Gasteiger partial charge >= 0.3 is 0 Å². The van der Waals surface area contributed by atoms with Gasteiger partial charge in [0.25, 0.3) is 5.56 Å². The Morgan fingerprint density at radius 2 is 1.67 bits per heavy atom. The van der Waals surface area contributed by atoms with E-state index in [0.29, 0.717) is 17.2 Å². The normalized spacial score (nSPS) is 12.6. The summed E-state index contributed by atoms with van der Waals surface area (Å²) in [5, 5.41) is 11.4. The maximum atomic E-state index is 14.2. The predicted octanol–water partition coefficient (Wildman–Crippen LogP) is 4.73. The first-order chi connectivity index (χ1) is 19.8. The summed E-state index contributed by atoms with van der Waals surface area (Å²) < 4.78 is 81.6. The fourth-order valence-corrected chi connectivity index (χ4v) is 5.80. The fourth-order valence-electron chi connectivity index (χ4n) is 4.45. The molecule has 0 fully saturated rings. The van der Waals surface area contributed by atoms with E-state index in [4.69, 9.17) is 9.47 Å². The summed E-state index contributed by atoms with van der Waals surface area (Å²) in [4.78, 5) is 19.2. The van der Waals surface area contributed by atoms with Crippen molar-refractivity contribution in [2.75, 3.05) is 13.7 Å². The Morgan fingerprint density at radius 1 is 1.02 bits per heavy atom. The number of hydrogen-bond acceptors (Lipinski definition) is 8. The summed E-state index contributed by atoms with van der Waals surface area (Å²) >= 11 is 0. The first kappa shape index (κ1) is 30.9. The van der Waals surface area contributed by atoms with E-state index >= 15 is 0 Å². The second-order valence-corrected chi connectivity index (χ2v) is 11.6. The number of hydrogen-bond donors (Lipinski definition) is 1. The van der Waals surface area contributed by atoms with Gasteiger partial charge in [0.2, 0.25) is 21.7 Å². The first-order valence-corrected chi connectivity index (χ1v) is 14.2. The van der Waals surface area contributed by atoms with Crippen molar-refractivity contribution in [2.24, 2.45) is 0 Å². The molecule has 0 radical (unpaired) electrons. The Kier molecular flexibility index (Phi) is 9.14. The molecule has 2 heterocycles. The second-order valence-electron chi connectivity index (χ2n) is 9.69. The zero-order valence-electron chi connectivity index (χ0n) is 23.1. The molecule has 0 unspecified atom stereocenters. The quantitative estimate of drug-likeness (QED) is 0.259. The van der Waals surface area contributed by atoms with Crippen molar-refractivity contribution in [1.29, 1.82) is 0 Å². The lowest BCUT2D eigenvalue weighted by Crippen LogP contribution is -2.30. The average Bonchev–Trinajstić information content (AvgIpc) is 2.92. The van der Waals surface area contributed by atoms with E-state index < -0.39 is 49.8 Å². The van der Waals surface area contributed by atoms with E-state index in [1.165, 1.54) is 44.5 Å². The number of ether oxygens (including phenoxy) is 2. The average molecular weight is 604 g/mol. The third kappa shape index (κ3) is 6.22. The minimum Gasteiger partial charge on any atom is -0.493 e. The summed E-state index contributed by atoms with van der Waals surface area (Å²) in [6.45, 7) is 4.32. The molecule has 42 heavy (non-hydrogen) atoms. The van der Waals surface area contributed by atoms with E-state index in [9.17, 15) is 31.5 Å². The van der Waals surface area contributed by atoms with Gasteiger partial charge in [0, 0.05) is 24.9 Å². The van der Waals surface area contributed by atoms with Crippen molar-refractivity contribution >= 4 is 9.84 Å². The van der Waals surface area contributed by atoms with E-state index in [1.807, 2.05) is 0 Å². The van der Waals surface area contributed by atoms with Crippen LogP contribution in [0.3, 0.4) is 0 Å². The van der Waals surface area contributed by atoms with Gasteiger partial charge in [-0.1, -0.05) is 12.1 Å². The molecule has 9 nitrogen and oxygen atoms in total. The van der Waals surface area contributed by atoms with E-state index in [0.717, 1.165) is 16.7 Å². The van der Waals surface area contributed by atoms with Crippen molar-refractivity contribution < 1.29 is 36.2 Å². The number of methoxy groups -OCH3 is 1. The summed E-state index contributed by atoms with van der Waals surface area (Å²) in [5.41, 5.74) is -0.0491. The smallest absolute Gasteiger partial charge is 0.296 e. The standard InChI is InChI=1S/C29H28F3N3O6S/c1-16(2)41-15-25-34-28(36)26(29(37)35(25)24(14-40-4)19-11-20(30)13-21(31)12-19)42(38,39)22-7-5-18(6-8-22)23-9-10-33-27(32)17(23)3/h5-13,16,24,37H,14-15H2,1-4H3/t24-/m0/s1. The van der Waals surface area contributed by atoms with Gasteiger partial charge in [-0.2, -0.15) is 9.37 Å². The van der Waals surface area contributed by atoms with Crippen LogP contribution < -0.4 is 5.56 Å². The zero-order chi connectivity index (χ0) is 30.8. The molecule has 0 aliphatic heterocycles. The highest BCUT2D eigenvalue weighted by molar-refractivity contribution is 7.91. The van der Waals surface area contributed by atoms with Crippen LogP contribution in [0.4, 0.5) is 13.2 Å². The molecule has 0 bridgehead atoms. The molecule has 2 aromatic heterocycles. The molecule has 0 amide bonds. The highest BCUT2D eigenvalue weighted by Gasteiger charge is 2.33. The molecule has 1 N–H and O–H groups in total. The highest BCUT2D eigenvalue weighted by Crippen LogP contribution is 2.33. The molecule has 0 aliphatic carbocycles. The lowest BCUT2D eigenvalue weighted by atomic mass is 10.0. The number of aromatic hydroxyl groups is 1. The van der Waals surface area contributed by atoms with E-state index in [1.54, 1.807) is 19.9 Å². The van der Waals surface area contributed by atoms with Crippen LogP contribution in [0.2, 0.25) is 0 Å². The zero-order valence-corrected chi connectivity index (χ0v) is 24.0. The van der Waals surface area contributed by atoms with Crippen LogP contribution in [0.5, 0.6) is 5.88 Å². The fraction of sp³-hybridized carbons (Fsp3) is 0.276. The number of benzene rings is 2. The molecule has 0 saturated heterocycles. The van der Waals surface area contributed by atoms with Gasteiger partial charge in [-0.05, 0) is 67.8 Å². The molecule has 2 aromatic carbocycles. The van der Waals surface area contributed by atoms with Gasteiger partial charge in [-0.25, -0.2) is 22.2 Å². The Morgan fingerprint density at radius 3 is 2.26 bits per heavy atom. The molecule has 4 rings (SSSR count). The van der Waals surface area contributed by atoms with Crippen molar-refractivity contribution in [3.05, 3.63) is 99.6 Å². The van der Waals surface area contributed by atoms with Gasteiger partial charge in [0.05, 0.1) is 23.6 Å². The van der Waals surface area contributed by atoms with Gasteiger partial charge in [0.15, 0.2) is 4.90 Å². The van der Waals surface area contributed by atoms with Crippen molar-refractivity contribution in [3.8, 4) is 17.0 Å². The number of halogens is 3. The molecule has 0 saturated carbocycles. The van der Waals surface area contributed by atoms with Crippen LogP contribution in [0.25, 0.3) is 11.1 Å². The minimum atomic E-state index is -4.70. The Labute approximate surface area is 240 Å². The van der Waals surface area contributed by atoms with Crippen molar-refractivity contribution in [3.63, 3.8) is 0 Å². The molecule has 0 aliphatic rings. The monoisotopic (exact) mass is 603 g/mol. The Hall–Kier alpha value is -4.07. The largest absolute Gasteiger partial charge is 0.493 e. The van der Waals surface area contributed by atoms with Crippen LogP contribution in [0.15, 0.2) is 69.3 Å². The number of nitrogens with zero attached hydrogens (tertiary/aromatic N) is 3. The van der Waals surface area contributed by atoms with E-state index in [-0.39, 0.29) is 41.2 Å². The van der Waals surface area contributed by atoms with E-state index in [2.05, 4.69) is 9.97 Å². The summed E-state index contributed by atoms with van der Waals surface area (Å²) in [6.07, 6.45) is 0.935. The second kappa shape index (κ2) is 12.4. The third-order valence-electron chi connectivity index (χ3n) is 6.47. The summed E-state index contributed by atoms with van der Waals surface area (Å²) in [7, 11) is -3.40. The van der Waals surface area contributed by atoms with Crippen LogP contribution in [0.1, 0.15) is 36.8 Å². The van der Waals surface area contributed by atoms with Gasteiger partial charge < -0.3 is 14.6 Å². The first-order valence-electron chi connectivity index (χ1n) is 12.7. The molecule has 13 heteroatoms. The van der Waals surface area contributed by atoms with Crippen LogP contribution in [-0.4, -0.2) is 47.9 Å². The van der Waals surface area contributed by atoms with Crippen LogP contribution in [-0.2, 0) is 25.9 Å². The highest BCUT2D eigenvalue weighted by atomic mass is 32.2. The number of sulfone groups is 1. The Balaban J connectivity index is 1.90. The van der Waals surface area contributed by atoms with Crippen LogP contribution >= 0.6 is 0 Å². The molecule has 1 atom stereocenters. The Bertz CT molecular complexity index is 1760. The lowest BCUT2D eigenvalue weighted by Gasteiger charge is -2.26. The third-order valence-corrected chi connectivity index (χ3v) is 8.26. The van der Waals surface area contributed by atoms with Crippen LogP contribution in [0, 0.1) is 24.5 Å². The SMILES string of the molecule is COC[C@@H](c1cc(F)cc(F)c1)n1c(COC(C)C)nc(=O)c(S(=O)(=O)c2ccc(-c3ccnc(F)c3C)cc2)c1O. The minimum absolute atomic E-state index is 0.0199. The van der Waals surface area contributed by atoms with Gasteiger partial charge in [-0.15, -0.1) is 0 Å². The summed E-state index contributed by atoms with van der Waals surface area (Å²) in [5.74, 6) is -3.72. The number of aromatic nitrogens is 3. The maximum absolute atomic E-state index is 14.2. The number of pyridine rings is 1. The lowest BCUT2D eigenvalue weighted by molar-refractivity contribution is 0.0554. The van der Waals surface area contributed by atoms with Crippen molar-refractivity contribution in [1.82, 2.24) is 14.5 Å². The molecule has 0 spiro atoms. The molecular formula is C29H28F3N3O6S. The maximum Gasteiger partial charge on any atom is 0.296 e. The van der Waals surface area contributed by atoms with Gasteiger partial charge in [-0.3, -0.25) is 9.36 Å². The topological polar surface area (TPSA) is 121 Å². The molecule has 222 valence electrons. The number of rotatable bonds is 10. The summed E-state index contributed by atoms with van der Waals surface area (Å²) in [6, 6.07) is 8.26. The predicted molar refractivity (Wildman–Crippen MR) is 146 cm³/mol.